The molecule has 7 heteroatoms. The van der Waals surface area contributed by atoms with E-state index in [1.165, 1.54) is 18.9 Å². The molecule has 1 unspecified atom stereocenters. The first-order valence-electron chi connectivity index (χ1n) is 5.94. The Morgan fingerprint density at radius 1 is 1.56 bits per heavy atom. The van der Waals surface area contributed by atoms with E-state index in [2.05, 4.69) is 15.4 Å². The van der Waals surface area contributed by atoms with Crippen LogP contribution in [0.25, 0.3) is 0 Å². The van der Waals surface area contributed by atoms with E-state index in [1.807, 2.05) is 0 Å². The SMILES string of the molecule is COC(=O)CSCCNC(=O)CC1COCCN1. The molecule has 1 fully saturated rings. The predicted octanol–water partition coefficient (Wildman–Crippen LogP) is -0.613. The summed E-state index contributed by atoms with van der Waals surface area (Å²) in [4.78, 5) is 22.4. The molecule has 1 aliphatic heterocycles. The van der Waals surface area contributed by atoms with E-state index < -0.39 is 0 Å². The van der Waals surface area contributed by atoms with E-state index >= 15 is 0 Å². The lowest BCUT2D eigenvalue weighted by Gasteiger charge is -2.23. The molecule has 1 amide bonds. The van der Waals surface area contributed by atoms with E-state index in [9.17, 15) is 9.59 Å². The maximum atomic E-state index is 11.6. The Bertz CT molecular complexity index is 270. The molecule has 1 atom stereocenters. The molecule has 0 spiro atoms. The van der Waals surface area contributed by atoms with E-state index in [1.54, 1.807) is 0 Å². The largest absolute Gasteiger partial charge is 0.468 e. The smallest absolute Gasteiger partial charge is 0.315 e. The first-order chi connectivity index (χ1) is 8.72. The molecule has 0 aromatic heterocycles. The number of rotatable bonds is 7. The zero-order chi connectivity index (χ0) is 13.2. The van der Waals surface area contributed by atoms with Crippen molar-refractivity contribution >= 4 is 23.6 Å². The Morgan fingerprint density at radius 2 is 2.39 bits per heavy atom. The van der Waals surface area contributed by atoms with Gasteiger partial charge in [0, 0.05) is 31.3 Å². The van der Waals surface area contributed by atoms with Crippen LogP contribution in [-0.4, -0.2) is 62.8 Å². The number of thioether (sulfide) groups is 1. The summed E-state index contributed by atoms with van der Waals surface area (Å²) in [5.74, 6) is 0.798. The van der Waals surface area contributed by atoms with Crippen LogP contribution >= 0.6 is 11.8 Å². The monoisotopic (exact) mass is 276 g/mol. The fourth-order valence-electron chi connectivity index (χ4n) is 1.52. The summed E-state index contributed by atoms with van der Waals surface area (Å²) >= 11 is 1.44. The second kappa shape index (κ2) is 9.18. The van der Waals surface area contributed by atoms with Gasteiger partial charge >= 0.3 is 5.97 Å². The number of hydrogen-bond donors (Lipinski definition) is 2. The highest BCUT2D eigenvalue weighted by molar-refractivity contribution is 7.99. The predicted molar refractivity (Wildman–Crippen MR) is 69.6 cm³/mol. The lowest BCUT2D eigenvalue weighted by molar-refractivity contribution is -0.137. The van der Waals surface area contributed by atoms with Crippen molar-refractivity contribution in [3.63, 3.8) is 0 Å². The minimum Gasteiger partial charge on any atom is -0.468 e. The zero-order valence-electron chi connectivity index (χ0n) is 10.6. The van der Waals surface area contributed by atoms with E-state index in [-0.39, 0.29) is 17.9 Å². The molecule has 0 radical (unpaired) electrons. The second-order valence-electron chi connectivity index (χ2n) is 3.91. The average Bonchev–Trinajstić information content (AvgIpc) is 2.39. The molecule has 0 aliphatic carbocycles. The van der Waals surface area contributed by atoms with Crippen LogP contribution < -0.4 is 10.6 Å². The number of methoxy groups -OCH3 is 1. The fourth-order valence-corrected chi connectivity index (χ4v) is 2.20. The number of amides is 1. The van der Waals surface area contributed by atoms with Gasteiger partial charge in [-0.05, 0) is 0 Å². The normalized spacial score (nSPS) is 19.3. The highest BCUT2D eigenvalue weighted by Gasteiger charge is 2.16. The summed E-state index contributed by atoms with van der Waals surface area (Å²) in [7, 11) is 1.36. The number of hydrogen-bond acceptors (Lipinski definition) is 6. The number of ether oxygens (including phenoxy) is 2. The summed E-state index contributed by atoms with van der Waals surface area (Å²) in [5, 5.41) is 6.04. The number of esters is 1. The lowest BCUT2D eigenvalue weighted by Crippen LogP contribution is -2.44. The third-order valence-corrected chi connectivity index (χ3v) is 3.38. The van der Waals surface area contributed by atoms with Crippen molar-refractivity contribution in [1.82, 2.24) is 10.6 Å². The van der Waals surface area contributed by atoms with Crippen molar-refractivity contribution in [3.05, 3.63) is 0 Å². The quantitative estimate of drug-likeness (QED) is 0.477. The minimum absolute atomic E-state index is 0.0108. The fraction of sp³-hybridized carbons (Fsp3) is 0.818. The summed E-state index contributed by atoms with van der Waals surface area (Å²) in [6, 6.07) is 0.112. The summed E-state index contributed by atoms with van der Waals surface area (Å²) in [6.45, 7) is 2.66. The number of carbonyl (C=O) groups excluding carboxylic acids is 2. The van der Waals surface area contributed by atoms with Gasteiger partial charge < -0.3 is 20.1 Å². The van der Waals surface area contributed by atoms with E-state index in [4.69, 9.17) is 4.74 Å². The Morgan fingerprint density at radius 3 is 3.06 bits per heavy atom. The summed E-state index contributed by atoms with van der Waals surface area (Å²) < 4.78 is 9.78. The maximum absolute atomic E-state index is 11.6. The van der Waals surface area contributed by atoms with Crippen LogP contribution in [0.1, 0.15) is 6.42 Å². The molecule has 1 aliphatic rings. The topological polar surface area (TPSA) is 76.7 Å². The Kier molecular flexibility index (Phi) is 7.79. The van der Waals surface area contributed by atoms with Crippen molar-refractivity contribution in [2.24, 2.45) is 0 Å². The van der Waals surface area contributed by atoms with Crippen molar-refractivity contribution < 1.29 is 19.1 Å². The molecule has 6 nitrogen and oxygen atoms in total. The molecule has 0 aromatic carbocycles. The van der Waals surface area contributed by atoms with Gasteiger partial charge in [-0.1, -0.05) is 0 Å². The standard InChI is InChI=1S/C11H20N2O4S/c1-16-11(15)8-18-5-3-13-10(14)6-9-7-17-4-2-12-9/h9,12H,2-8H2,1H3,(H,13,14). The van der Waals surface area contributed by atoms with Crippen LogP contribution in [0.4, 0.5) is 0 Å². The number of carbonyl (C=O) groups is 2. The minimum atomic E-state index is -0.241. The van der Waals surface area contributed by atoms with Crippen LogP contribution in [0.15, 0.2) is 0 Å². The molecule has 1 heterocycles. The third-order valence-electron chi connectivity index (χ3n) is 2.45. The Hall–Kier alpha value is -0.790. The molecule has 2 N–H and O–H groups in total. The van der Waals surface area contributed by atoms with E-state index in [0.717, 1.165) is 6.54 Å². The number of nitrogens with one attached hydrogen (secondary N) is 2. The molecule has 104 valence electrons. The van der Waals surface area contributed by atoms with E-state index in [0.29, 0.717) is 37.7 Å². The molecule has 1 saturated heterocycles. The molecule has 0 bridgehead atoms. The van der Waals surface area contributed by atoms with Gasteiger partial charge in [-0.2, -0.15) is 0 Å². The second-order valence-corrected chi connectivity index (χ2v) is 5.01. The highest BCUT2D eigenvalue weighted by atomic mass is 32.2. The zero-order valence-corrected chi connectivity index (χ0v) is 11.4. The van der Waals surface area contributed by atoms with Gasteiger partial charge in [-0.3, -0.25) is 9.59 Å². The molecule has 0 aromatic rings. The first kappa shape index (κ1) is 15.3. The maximum Gasteiger partial charge on any atom is 0.315 e. The molecule has 1 rings (SSSR count). The molecule has 18 heavy (non-hydrogen) atoms. The van der Waals surface area contributed by atoms with Crippen LogP contribution in [0.5, 0.6) is 0 Å². The average molecular weight is 276 g/mol. The van der Waals surface area contributed by atoms with Gasteiger partial charge in [0.05, 0.1) is 26.1 Å². The van der Waals surface area contributed by atoms with Gasteiger partial charge in [0.2, 0.25) is 5.91 Å². The molecular weight excluding hydrogens is 256 g/mol. The van der Waals surface area contributed by atoms with Crippen molar-refractivity contribution in [2.75, 3.05) is 44.9 Å². The summed E-state index contributed by atoms with van der Waals surface area (Å²) in [6.07, 6.45) is 0.432. The van der Waals surface area contributed by atoms with Crippen LogP contribution in [0.2, 0.25) is 0 Å². The van der Waals surface area contributed by atoms with Gasteiger partial charge in [0.15, 0.2) is 0 Å². The molecular formula is C11H20N2O4S. The van der Waals surface area contributed by atoms with Gasteiger partial charge in [0.25, 0.3) is 0 Å². The Balaban J connectivity index is 1.97. The third kappa shape index (κ3) is 6.83. The van der Waals surface area contributed by atoms with Crippen LogP contribution in [0, 0.1) is 0 Å². The van der Waals surface area contributed by atoms with Gasteiger partial charge in [-0.15, -0.1) is 11.8 Å². The van der Waals surface area contributed by atoms with Crippen molar-refractivity contribution in [2.45, 2.75) is 12.5 Å². The summed E-state index contributed by atoms with van der Waals surface area (Å²) in [5.41, 5.74) is 0. The first-order valence-corrected chi connectivity index (χ1v) is 7.10. The lowest BCUT2D eigenvalue weighted by atomic mass is 10.2. The molecule has 0 saturated carbocycles. The Labute approximate surface area is 111 Å². The number of morpholine rings is 1. The van der Waals surface area contributed by atoms with Crippen LogP contribution in [0.3, 0.4) is 0 Å². The van der Waals surface area contributed by atoms with Gasteiger partial charge in [0.1, 0.15) is 0 Å². The highest BCUT2D eigenvalue weighted by Crippen LogP contribution is 2.00. The van der Waals surface area contributed by atoms with Crippen molar-refractivity contribution in [1.29, 1.82) is 0 Å². The van der Waals surface area contributed by atoms with Crippen LogP contribution in [-0.2, 0) is 19.1 Å². The van der Waals surface area contributed by atoms with Crippen molar-refractivity contribution in [3.8, 4) is 0 Å². The van der Waals surface area contributed by atoms with Gasteiger partial charge in [-0.25, -0.2) is 0 Å².